The molecule has 2 aromatic carbocycles. The standard InChI is InChI=1S/C18H19ClN2O2/c1-11-7-8-14(9-12(11)2)18(23)20-10-17(22)21-16-6-4-5-15(19)13(16)3/h4-9H,10H2,1-3H3,(H,20,23)(H,21,22). The maximum absolute atomic E-state index is 12.1. The van der Waals surface area contributed by atoms with Crippen LogP contribution in [0.5, 0.6) is 0 Å². The summed E-state index contributed by atoms with van der Waals surface area (Å²) < 4.78 is 0. The van der Waals surface area contributed by atoms with E-state index in [2.05, 4.69) is 10.6 Å². The number of rotatable bonds is 4. The predicted molar refractivity (Wildman–Crippen MR) is 93.1 cm³/mol. The molecule has 0 aliphatic carbocycles. The first-order valence-electron chi connectivity index (χ1n) is 7.29. The normalized spacial score (nSPS) is 10.3. The zero-order chi connectivity index (χ0) is 17.0. The summed E-state index contributed by atoms with van der Waals surface area (Å²) in [4.78, 5) is 24.0. The van der Waals surface area contributed by atoms with Crippen molar-refractivity contribution in [1.29, 1.82) is 0 Å². The third-order valence-electron chi connectivity index (χ3n) is 3.72. The lowest BCUT2D eigenvalue weighted by atomic mass is 10.1. The van der Waals surface area contributed by atoms with Gasteiger partial charge in [-0.05, 0) is 61.7 Å². The van der Waals surface area contributed by atoms with Crippen LogP contribution in [0.25, 0.3) is 0 Å². The van der Waals surface area contributed by atoms with E-state index in [-0.39, 0.29) is 18.4 Å². The van der Waals surface area contributed by atoms with Gasteiger partial charge in [0.1, 0.15) is 0 Å². The Morgan fingerprint density at radius 1 is 1.04 bits per heavy atom. The van der Waals surface area contributed by atoms with Crippen molar-refractivity contribution in [3.05, 3.63) is 63.7 Å². The Labute approximate surface area is 140 Å². The van der Waals surface area contributed by atoms with Gasteiger partial charge in [-0.15, -0.1) is 0 Å². The Bertz CT molecular complexity index is 757. The minimum absolute atomic E-state index is 0.0995. The number of halogens is 1. The molecule has 5 heteroatoms. The molecule has 0 spiro atoms. The van der Waals surface area contributed by atoms with E-state index >= 15 is 0 Å². The van der Waals surface area contributed by atoms with Crippen LogP contribution in [-0.4, -0.2) is 18.4 Å². The lowest BCUT2D eigenvalue weighted by Gasteiger charge is -2.10. The number of hydrogen-bond donors (Lipinski definition) is 2. The number of nitrogens with one attached hydrogen (secondary N) is 2. The molecule has 0 saturated carbocycles. The van der Waals surface area contributed by atoms with Crippen LogP contribution in [0.2, 0.25) is 5.02 Å². The molecule has 0 radical (unpaired) electrons. The van der Waals surface area contributed by atoms with Gasteiger partial charge in [0, 0.05) is 16.3 Å². The Balaban J connectivity index is 1.94. The second-order valence-corrected chi connectivity index (χ2v) is 5.85. The van der Waals surface area contributed by atoms with E-state index in [0.717, 1.165) is 16.7 Å². The summed E-state index contributed by atoms with van der Waals surface area (Å²) in [7, 11) is 0. The molecule has 4 nitrogen and oxygen atoms in total. The molecular weight excluding hydrogens is 312 g/mol. The maximum Gasteiger partial charge on any atom is 0.251 e. The molecule has 0 aliphatic rings. The molecule has 120 valence electrons. The minimum atomic E-state index is -0.299. The van der Waals surface area contributed by atoms with Gasteiger partial charge in [-0.3, -0.25) is 9.59 Å². The molecule has 0 heterocycles. The van der Waals surface area contributed by atoms with Crippen molar-refractivity contribution in [2.75, 3.05) is 11.9 Å². The highest BCUT2D eigenvalue weighted by Gasteiger charge is 2.10. The number of aryl methyl sites for hydroxylation is 2. The maximum atomic E-state index is 12.1. The second kappa shape index (κ2) is 7.29. The van der Waals surface area contributed by atoms with Gasteiger partial charge in [0.15, 0.2) is 0 Å². The summed E-state index contributed by atoms with van der Waals surface area (Å²) in [6, 6.07) is 10.7. The van der Waals surface area contributed by atoms with Crippen LogP contribution in [0.15, 0.2) is 36.4 Å². The Morgan fingerprint density at radius 2 is 1.78 bits per heavy atom. The van der Waals surface area contributed by atoms with Crippen molar-refractivity contribution >= 4 is 29.1 Å². The average Bonchev–Trinajstić information content (AvgIpc) is 2.52. The van der Waals surface area contributed by atoms with Crippen LogP contribution in [0.3, 0.4) is 0 Å². The Kier molecular flexibility index (Phi) is 5.40. The summed E-state index contributed by atoms with van der Waals surface area (Å²) in [5, 5.41) is 5.94. The molecule has 0 unspecified atom stereocenters. The number of anilines is 1. The first kappa shape index (κ1) is 17.0. The number of carbonyl (C=O) groups excluding carboxylic acids is 2. The van der Waals surface area contributed by atoms with Crippen LogP contribution >= 0.6 is 11.6 Å². The molecule has 0 aromatic heterocycles. The van der Waals surface area contributed by atoms with Crippen LogP contribution in [0.4, 0.5) is 5.69 Å². The third kappa shape index (κ3) is 4.33. The highest BCUT2D eigenvalue weighted by Crippen LogP contribution is 2.22. The summed E-state index contributed by atoms with van der Waals surface area (Å²) in [5.41, 5.74) is 4.14. The Morgan fingerprint density at radius 3 is 2.48 bits per heavy atom. The van der Waals surface area contributed by atoms with Gasteiger partial charge in [0.05, 0.1) is 6.54 Å². The fourth-order valence-corrected chi connectivity index (χ4v) is 2.26. The molecule has 0 aliphatic heterocycles. The van der Waals surface area contributed by atoms with E-state index in [1.807, 2.05) is 32.9 Å². The van der Waals surface area contributed by atoms with E-state index in [1.54, 1.807) is 24.3 Å². The molecule has 0 saturated heterocycles. The van der Waals surface area contributed by atoms with Gasteiger partial charge < -0.3 is 10.6 Å². The smallest absolute Gasteiger partial charge is 0.251 e. The summed E-state index contributed by atoms with van der Waals surface area (Å²) in [6.07, 6.45) is 0. The lowest BCUT2D eigenvalue weighted by molar-refractivity contribution is -0.115. The monoisotopic (exact) mass is 330 g/mol. The topological polar surface area (TPSA) is 58.2 Å². The molecule has 0 bridgehead atoms. The van der Waals surface area contributed by atoms with Crippen molar-refractivity contribution < 1.29 is 9.59 Å². The highest BCUT2D eigenvalue weighted by molar-refractivity contribution is 6.31. The molecule has 2 aromatic rings. The zero-order valence-electron chi connectivity index (χ0n) is 13.4. The number of carbonyl (C=O) groups is 2. The molecule has 2 amide bonds. The first-order valence-corrected chi connectivity index (χ1v) is 7.66. The van der Waals surface area contributed by atoms with E-state index in [4.69, 9.17) is 11.6 Å². The van der Waals surface area contributed by atoms with E-state index < -0.39 is 0 Å². The first-order chi connectivity index (χ1) is 10.9. The number of benzene rings is 2. The Hall–Kier alpha value is -2.33. The van der Waals surface area contributed by atoms with E-state index in [0.29, 0.717) is 16.3 Å². The third-order valence-corrected chi connectivity index (χ3v) is 4.13. The van der Waals surface area contributed by atoms with Crippen LogP contribution in [-0.2, 0) is 4.79 Å². The molecule has 23 heavy (non-hydrogen) atoms. The van der Waals surface area contributed by atoms with Crippen molar-refractivity contribution in [3.8, 4) is 0 Å². The van der Waals surface area contributed by atoms with Gasteiger partial charge in [-0.1, -0.05) is 23.7 Å². The van der Waals surface area contributed by atoms with Gasteiger partial charge in [-0.2, -0.15) is 0 Å². The van der Waals surface area contributed by atoms with E-state index in [1.165, 1.54) is 0 Å². The zero-order valence-corrected chi connectivity index (χ0v) is 14.1. The van der Waals surface area contributed by atoms with E-state index in [9.17, 15) is 9.59 Å². The van der Waals surface area contributed by atoms with Gasteiger partial charge in [0.2, 0.25) is 5.91 Å². The average molecular weight is 331 g/mol. The van der Waals surface area contributed by atoms with Crippen molar-refractivity contribution in [3.63, 3.8) is 0 Å². The fourth-order valence-electron chi connectivity index (χ4n) is 2.08. The van der Waals surface area contributed by atoms with Crippen molar-refractivity contribution in [2.45, 2.75) is 20.8 Å². The SMILES string of the molecule is Cc1ccc(C(=O)NCC(=O)Nc2cccc(Cl)c2C)cc1C. The van der Waals surface area contributed by atoms with Crippen LogP contribution in [0.1, 0.15) is 27.0 Å². The summed E-state index contributed by atoms with van der Waals surface area (Å²) in [5.74, 6) is -0.571. The quantitative estimate of drug-likeness (QED) is 0.899. The highest BCUT2D eigenvalue weighted by atomic mass is 35.5. The molecule has 0 fully saturated rings. The van der Waals surface area contributed by atoms with Gasteiger partial charge in [-0.25, -0.2) is 0 Å². The summed E-state index contributed by atoms with van der Waals surface area (Å²) >= 11 is 6.01. The van der Waals surface area contributed by atoms with Crippen LogP contribution < -0.4 is 10.6 Å². The van der Waals surface area contributed by atoms with Gasteiger partial charge >= 0.3 is 0 Å². The molecule has 2 N–H and O–H groups in total. The van der Waals surface area contributed by atoms with Gasteiger partial charge in [0.25, 0.3) is 5.91 Å². The summed E-state index contributed by atoms with van der Waals surface area (Å²) in [6.45, 7) is 5.65. The second-order valence-electron chi connectivity index (χ2n) is 5.44. The molecule has 2 rings (SSSR count). The number of hydrogen-bond acceptors (Lipinski definition) is 2. The molecule has 0 atom stereocenters. The number of amides is 2. The van der Waals surface area contributed by atoms with Crippen molar-refractivity contribution in [1.82, 2.24) is 5.32 Å². The van der Waals surface area contributed by atoms with Crippen molar-refractivity contribution in [2.24, 2.45) is 0 Å². The predicted octanol–water partition coefficient (Wildman–Crippen LogP) is 3.63. The fraction of sp³-hybridized carbons (Fsp3) is 0.222. The largest absolute Gasteiger partial charge is 0.343 e. The van der Waals surface area contributed by atoms with Crippen LogP contribution in [0, 0.1) is 20.8 Å². The minimum Gasteiger partial charge on any atom is -0.343 e. The molecular formula is C18H19ClN2O2. The lowest BCUT2D eigenvalue weighted by Crippen LogP contribution is -2.33.